The van der Waals surface area contributed by atoms with Crippen molar-refractivity contribution in [1.29, 1.82) is 0 Å². The van der Waals surface area contributed by atoms with Crippen LogP contribution >= 0.6 is 15.9 Å². The molecule has 0 bridgehead atoms. The number of unbranched alkanes of at least 4 members (excludes halogenated alkanes) is 3. The van der Waals surface area contributed by atoms with Crippen LogP contribution in [0.3, 0.4) is 0 Å². The Bertz CT molecular complexity index is 1120. The van der Waals surface area contributed by atoms with Crippen molar-refractivity contribution in [2.45, 2.75) is 39.2 Å². The monoisotopic (exact) mass is 440 g/mol. The summed E-state index contributed by atoms with van der Waals surface area (Å²) < 4.78 is 8.26. The first kappa shape index (κ1) is 18.6. The lowest BCUT2D eigenvalue weighted by Crippen LogP contribution is -2.03. The molecule has 4 aromatic rings. The van der Waals surface area contributed by atoms with Crippen LogP contribution in [0.15, 0.2) is 50.6 Å². The van der Waals surface area contributed by atoms with Crippen molar-refractivity contribution in [1.82, 2.24) is 19.7 Å². The Balaban J connectivity index is 1.63. The van der Waals surface area contributed by atoms with Crippen molar-refractivity contribution in [3.05, 3.63) is 46.8 Å². The highest BCUT2D eigenvalue weighted by Gasteiger charge is 2.14. The first-order chi connectivity index (χ1) is 13.8. The van der Waals surface area contributed by atoms with E-state index in [0.29, 0.717) is 16.4 Å². The molecule has 0 aliphatic rings. The average molecular weight is 441 g/mol. The van der Waals surface area contributed by atoms with E-state index in [4.69, 9.17) is 4.42 Å². The molecule has 0 radical (unpaired) electrons. The lowest BCUT2D eigenvalue weighted by atomic mass is 10.2. The first-order valence-corrected chi connectivity index (χ1v) is 10.2. The van der Waals surface area contributed by atoms with Crippen LogP contribution in [0.5, 0.6) is 0 Å². The summed E-state index contributed by atoms with van der Waals surface area (Å²) in [4.78, 5) is 4.67. The van der Waals surface area contributed by atoms with Crippen LogP contribution in [-0.2, 0) is 6.54 Å². The SMILES string of the molecule is CCCCCCn1c2ccccc2c2nnc(N/N=C/c3ccc(Br)o3)nc21. The number of halogens is 1. The topological polar surface area (TPSA) is 81.1 Å². The third kappa shape index (κ3) is 3.91. The number of aryl methyl sites for hydroxylation is 1. The number of furan rings is 1. The van der Waals surface area contributed by atoms with Crippen LogP contribution in [0.1, 0.15) is 38.4 Å². The quantitative estimate of drug-likeness (QED) is 0.226. The van der Waals surface area contributed by atoms with Crippen molar-refractivity contribution >= 4 is 50.2 Å². The molecule has 28 heavy (non-hydrogen) atoms. The molecule has 0 aliphatic carbocycles. The van der Waals surface area contributed by atoms with Crippen LogP contribution in [0.25, 0.3) is 22.1 Å². The van der Waals surface area contributed by atoms with Gasteiger partial charge in [-0.05, 0) is 40.5 Å². The van der Waals surface area contributed by atoms with Crippen LogP contribution in [0, 0.1) is 0 Å². The zero-order chi connectivity index (χ0) is 19.3. The molecule has 0 amide bonds. The van der Waals surface area contributed by atoms with E-state index < -0.39 is 0 Å². The van der Waals surface area contributed by atoms with Gasteiger partial charge in [-0.15, -0.1) is 10.2 Å². The molecule has 1 aromatic carbocycles. The molecular weight excluding hydrogens is 420 g/mol. The summed E-state index contributed by atoms with van der Waals surface area (Å²) in [5, 5.41) is 13.8. The summed E-state index contributed by atoms with van der Waals surface area (Å²) in [6.45, 7) is 3.13. The van der Waals surface area contributed by atoms with E-state index in [-0.39, 0.29) is 0 Å². The maximum atomic E-state index is 5.38. The molecule has 0 aliphatic heterocycles. The third-order valence-electron chi connectivity index (χ3n) is 4.56. The Morgan fingerprint density at radius 2 is 2.04 bits per heavy atom. The molecule has 4 rings (SSSR count). The summed E-state index contributed by atoms with van der Waals surface area (Å²) in [5.41, 5.74) is 5.62. The van der Waals surface area contributed by atoms with Crippen molar-refractivity contribution in [3.63, 3.8) is 0 Å². The molecule has 0 saturated heterocycles. The van der Waals surface area contributed by atoms with Gasteiger partial charge in [0.05, 0.1) is 11.7 Å². The standard InChI is InChI=1S/C20H21BrN6O/c1-2-3-4-7-12-27-16-9-6-5-8-15(16)18-19(27)23-20(26-24-18)25-22-13-14-10-11-17(21)28-14/h5-6,8-11,13H,2-4,7,12H2,1H3,(H,23,25,26)/b22-13+. The number of aromatic nitrogens is 4. The molecule has 0 atom stereocenters. The maximum Gasteiger partial charge on any atom is 0.265 e. The van der Waals surface area contributed by atoms with E-state index in [2.05, 4.69) is 65.3 Å². The summed E-state index contributed by atoms with van der Waals surface area (Å²) in [7, 11) is 0. The van der Waals surface area contributed by atoms with Crippen molar-refractivity contribution in [2.75, 3.05) is 5.43 Å². The fourth-order valence-corrected chi connectivity index (χ4v) is 3.54. The molecule has 8 heteroatoms. The van der Waals surface area contributed by atoms with Gasteiger partial charge in [0.1, 0.15) is 11.3 Å². The fraction of sp³-hybridized carbons (Fsp3) is 0.300. The fourth-order valence-electron chi connectivity index (χ4n) is 3.23. The number of anilines is 1. The molecule has 0 spiro atoms. The van der Waals surface area contributed by atoms with Crippen LogP contribution in [0.4, 0.5) is 5.95 Å². The number of nitrogens with one attached hydrogen (secondary N) is 1. The Morgan fingerprint density at radius 1 is 1.14 bits per heavy atom. The number of nitrogens with zero attached hydrogens (tertiary/aromatic N) is 5. The Hall–Kier alpha value is -2.74. The molecule has 3 aromatic heterocycles. The summed E-state index contributed by atoms with van der Waals surface area (Å²) in [6, 6.07) is 11.9. The van der Waals surface area contributed by atoms with Gasteiger partial charge in [0.15, 0.2) is 10.3 Å². The average Bonchev–Trinajstić information content (AvgIpc) is 3.26. The summed E-state index contributed by atoms with van der Waals surface area (Å²) >= 11 is 3.26. The zero-order valence-electron chi connectivity index (χ0n) is 15.6. The second-order valence-electron chi connectivity index (χ2n) is 6.55. The van der Waals surface area contributed by atoms with Gasteiger partial charge in [-0.25, -0.2) is 5.43 Å². The second-order valence-corrected chi connectivity index (χ2v) is 7.33. The molecular formula is C20H21BrN6O. The van der Waals surface area contributed by atoms with Gasteiger partial charge in [-0.3, -0.25) is 0 Å². The van der Waals surface area contributed by atoms with Gasteiger partial charge >= 0.3 is 0 Å². The van der Waals surface area contributed by atoms with Crippen molar-refractivity contribution in [3.8, 4) is 0 Å². The van der Waals surface area contributed by atoms with Crippen LogP contribution in [0.2, 0.25) is 0 Å². The van der Waals surface area contributed by atoms with Crippen LogP contribution < -0.4 is 5.43 Å². The minimum absolute atomic E-state index is 0.354. The largest absolute Gasteiger partial charge is 0.448 e. The van der Waals surface area contributed by atoms with E-state index in [1.807, 2.05) is 24.3 Å². The van der Waals surface area contributed by atoms with Gasteiger partial charge in [0.2, 0.25) is 0 Å². The minimum atomic E-state index is 0.354. The molecule has 0 unspecified atom stereocenters. The highest BCUT2D eigenvalue weighted by atomic mass is 79.9. The van der Waals surface area contributed by atoms with Gasteiger partial charge in [-0.2, -0.15) is 10.1 Å². The predicted octanol–water partition coefficient (Wildman–Crippen LogP) is 5.36. The smallest absolute Gasteiger partial charge is 0.265 e. The molecule has 3 heterocycles. The summed E-state index contributed by atoms with van der Waals surface area (Å²) in [5.74, 6) is 0.977. The second kappa shape index (κ2) is 8.52. The minimum Gasteiger partial charge on any atom is -0.448 e. The van der Waals surface area contributed by atoms with Gasteiger partial charge < -0.3 is 8.98 Å². The predicted molar refractivity (Wildman–Crippen MR) is 115 cm³/mol. The summed E-state index contributed by atoms with van der Waals surface area (Å²) in [6.07, 6.45) is 6.35. The van der Waals surface area contributed by atoms with Crippen LogP contribution in [-0.4, -0.2) is 26.0 Å². The van der Waals surface area contributed by atoms with E-state index >= 15 is 0 Å². The van der Waals surface area contributed by atoms with E-state index in [1.54, 1.807) is 6.21 Å². The number of para-hydroxylation sites is 1. The molecule has 0 fully saturated rings. The van der Waals surface area contributed by atoms with Gasteiger partial charge in [-0.1, -0.05) is 44.4 Å². The van der Waals surface area contributed by atoms with Crippen molar-refractivity contribution in [2.24, 2.45) is 5.10 Å². The lowest BCUT2D eigenvalue weighted by Gasteiger charge is -2.06. The number of hydrogen-bond donors (Lipinski definition) is 1. The molecule has 144 valence electrons. The Labute approximate surface area is 171 Å². The number of hydrazone groups is 1. The highest BCUT2D eigenvalue weighted by molar-refractivity contribution is 9.10. The highest BCUT2D eigenvalue weighted by Crippen LogP contribution is 2.26. The number of rotatable bonds is 8. The molecule has 7 nitrogen and oxygen atoms in total. The maximum absolute atomic E-state index is 5.38. The zero-order valence-corrected chi connectivity index (χ0v) is 17.2. The first-order valence-electron chi connectivity index (χ1n) is 9.42. The normalized spacial score (nSPS) is 11.8. The van der Waals surface area contributed by atoms with E-state index in [9.17, 15) is 0 Å². The van der Waals surface area contributed by atoms with E-state index in [0.717, 1.165) is 35.0 Å². The Morgan fingerprint density at radius 3 is 2.86 bits per heavy atom. The van der Waals surface area contributed by atoms with E-state index in [1.165, 1.54) is 19.3 Å². The number of hydrogen-bond acceptors (Lipinski definition) is 6. The molecule has 1 N–H and O–H groups in total. The third-order valence-corrected chi connectivity index (χ3v) is 4.99. The lowest BCUT2D eigenvalue weighted by molar-refractivity contribution is 0.534. The van der Waals surface area contributed by atoms with Crippen molar-refractivity contribution < 1.29 is 4.42 Å². The number of fused-ring (bicyclic) bond motifs is 3. The Kier molecular flexibility index (Phi) is 5.66. The van der Waals surface area contributed by atoms with Gasteiger partial charge in [0, 0.05) is 11.9 Å². The molecule has 0 saturated carbocycles. The van der Waals surface area contributed by atoms with Gasteiger partial charge in [0.25, 0.3) is 5.95 Å². The number of benzene rings is 1.